The summed E-state index contributed by atoms with van der Waals surface area (Å²) in [5.74, 6) is 0.0740. The van der Waals surface area contributed by atoms with Crippen molar-refractivity contribution in [3.63, 3.8) is 0 Å². The first-order valence-corrected chi connectivity index (χ1v) is 8.40. The average molecular weight is 318 g/mol. The number of morpholine rings is 1. The van der Waals surface area contributed by atoms with Gasteiger partial charge in [-0.25, -0.2) is 0 Å². The molecule has 0 aromatic carbocycles. The van der Waals surface area contributed by atoms with E-state index in [2.05, 4.69) is 29.7 Å². The molecule has 2 aliphatic rings. The summed E-state index contributed by atoms with van der Waals surface area (Å²) in [5, 5.41) is 4.33. The maximum atomic E-state index is 11.9. The van der Waals surface area contributed by atoms with Crippen LogP contribution in [-0.4, -0.2) is 63.9 Å². The zero-order valence-corrected chi connectivity index (χ0v) is 13.9. The zero-order valence-electron chi connectivity index (χ0n) is 13.9. The van der Waals surface area contributed by atoms with Crippen molar-refractivity contribution in [2.75, 3.05) is 32.8 Å². The number of amides is 1. The van der Waals surface area contributed by atoms with Crippen LogP contribution in [0.5, 0.6) is 0 Å². The first kappa shape index (κ1) is 16.2. The van der Waals surface area contributed by atoms with Gasteiger partial charge in [0.15, 0.2) is 0 Å². The van der Waals surface area contributed by atoms with E-state index in [0.29, 0.717) is 13.1 Å². The highest BCUT2D eigenvalue weighted by Crippen LogP contribution is 2.31. The molecule has 0 atom stereocenters. The Balaban J connectivity index is 1.55. The summed E-state index contributed by atoms with van der Waals surface area (Å²) in [4.78, 5) is 16.2. The summed E-state index contributed by atoms with van der Waals surface area (Å²) in [7, 11) is 0. The minimum absolute atomic E-state index is 0.0740. The second kappa shape index (κ2) is 6.84. The zero-order chi connectivity index (χ0) is 16.3. The van der Waals surface area contributed by atoms with Gasteiger partial charge < -0.3 is 9.64 Å². The first-order valence-electron chi connectivity index (χ1n) is 8.40. The van der Waals surface area contributed by atoms with Crippen molar-refractivity contribution in [1.82, 2.24) is 19.6 Å². The summed E-state index contributed by atoms with van der Waals surface area (Å²) in [6.07, 6.45) is 7.80. The van der Waals surface area contributed by atoms with Gasteiger partial charge in [0.05, 0.1) is 18.3 Å². The molecule has 1 spiro atoms. The van der Waals surface area contributed by atoms with Crippen LogP contribution in [0.2, 0.25) is 0 Å². The summed E-state index contributed by atoms with van der Waals surface area (Å²) in [6.45, 7) is 11.2. The quantitative estimate of drug-likeness (QED) is 0.768. The molecule has 2 saturated heterocycles. The number of carbonyl (C=O) groups is 1. The molecule has 3 heterocycles. The maximum absolute atomic E-state index is 11.9. The number of hydrogen-bond acceptors (Lipinski definition) is 4. The Kier molecular flexibility index (Phi) is 4.82. The Labute approximate surface area is 137 Å². The van der Waals surface area contributed by atoms with E-state index in [9.17, 15) is 4.79 Å². The number of carbonyl (C=O) groups excluding carboxylic acids is 1. The van der Waals surface area contributed by atoms with Gasteiger partial charge in [-0.1, -0.05) is 6.08 Å². The SMILES string of the molecule is C=CCN1CC2(CCN(Cc3cnn(CC)c3)CC2)OCC1=O. The minimum atomic E-state index is -0.166. The molecule has 3 rings (SSSR count). The molecule has 2 fully saturated rings. The van der Waals surface area contributed by atoms with Gasteiger partial charge in [-0.15, -0.1) is 6.58 Å². The number of aromatic nitrogens is 2. The Morgan fingerprint density at radius 2 is 2.22 bits per heavy atom. The molecular formula is C17H26N4O2. The molecule has 2 aliphatic heterocycles. The Hall–Kier alpha value is -1.66. The van der Waals surface area contributed by atoms with Crippen LogP contribution in [-0.2, 0) is 22.6 Å². The predicted octanol–water partition coefficient (Wildman–Crippen LogP) is 1.28. The smallest absolute Gasteiger partial charge is 0.248 e. The predicted molar refractivity (Wildman–Crippen MR) is 87.9 cm³/mol. The van der Waals surface area contributed by atoms with Crippen LogP contribution in [0.25, 0.3) is 0 Å². The molecule has 0 radical (unpaired) electrons. The Morgan fingerprint density at radius 1 is 1.43 bits per heavy atom. The summed E-state index contributed by atoms with van der Waals surface area (Å²) >= 11 is 0. The number of rotatable bonds is 5. The van der Waals surface area contributed by atoms with Crippen molar-refractivity contribution in [3.05, 3.63) is 30.6 Å². The van der Waals surface area contributed by atoms with Gasteiger partial charge in [-0.3, -0.25) is 14.4 Å². The lowest BCUT2D eigenvalue weighted by Gasteiger charge is -2.46. The highest BCUT2D eigenvalue weighted by Gasteiger charge is 2.41. The van der Waals surface area contributed by atoms with Crippen LogP contribution in [0.3, 0.4) is 0 Å². The maximum Gasteiger partial charge on any atom is 0.248 e. The fourth-order valence-corrected chi connectivity index (χ4v) is 3.45. The van der Waals surface area contributed by atoms with Crippen molar-refractivity contribution in [1.29, 1.82) is 0 Å². The molecule has 0 unspecified atom stereocenters. The van der Waals surface area contributed by atoms with Gasteiger partial charge in [0.25, 0.3) is 0 Å². The van der Waals surface area contributed by atoms with Crippen molar-refractivity contribution < 1.29 is 9.53 Å². The van der Waals surface area contributed by atoms with Crippen molar-refractivity contribution in [3.8, 4) is 0 Å². The van der Waals surface area contributed by atoms with Crippen LogP contribution >= 0.6 is 0 Å². The Bertz CT molecular complexity index is 561. The third-order valence-corrected chi connectivity index (χ3v) is 4.87. The molecule has 1 amide bonds. The third-order valence-electron chi connectivity index (χ3n) is 4.87. The van der Waals surface area contributed by atoms with Crippen molar-refractivity contribution in [2.45, 2.75) is 38.5 Å². The number of likely N-dealkylation sites (tertiary alicyclic amines) is 1. The summed E-state index contributed by atoms with van der Waals surface area (Å²) in [5.41, 5.74) is 1.09. The second-order valence-corrected chi connectivity index (χ2v) is 6.52. The summed E-state index contributed by atoms with van der Waals surface area (Å²) < 4.78 is 7.91. The topological polar surface area (TPSA) is 50.6 Å². The van der Waals surface area contributed by atoms with E-state index in [1.807, 2.05) is 15.8 Å². The molecule has 6 nitrogen and oxygen atoms in total. The molecule has 0 saturated carbocycles. The van der Waals surface area contributed by atoms with Crippen LogP contribution in [0, 0.1) is 0 Å². The van der Waals surface area contributed by atoms with Crippen LogP contribution in [0.4, 0.5) is 0 Å². The van der Waals surface area contributed by atoms with Gasteiger partial charge in [-0.05, 0) is 19.8 Å². The lowest BCUT2D eigenvalue weighted by Crippen LogP contribution is -2.58. The van der Waals surface area contributed by atoms with E-state index in [-0.39, 0.29) is 18.1 Å². The van der Waals surface area contributed by atoms with E-state index < -0.39 is 0 Å². The van der Waals surface area contributed by atoms with Gasteiger partial charge in [0.1, 0.15) is 6.61 Å². The standard InChI is InChI=1S/C17H26N4O2/c1-3-7-20-14-17(23-13-16(20)22)5-8-19(9-6-17)11-15-10-18-21(4-2)12-15/h3,10,12H,1,4-9,11,13-14H2,2H3. The number of aryl methyl sites for hydroxylation is 1. The fraction of sp³-hybridized carbons (Fsp3) is 0.647. The number of ether oxygens (including phenoxy) is 1. The van der Waals surface area contributed by atoms with E-state index in [0.717, 1.165) is 39.0 Å². The monoisotopic (exact) mass is 318 g/mol. The molecule has 6 heteroatoms. The fourth-order valence-electron chi connectivity index (χ4n) is 3.45. The first-order chi connectivity index (χ1) is 11.1. The second-order valence-electron chi connectivity index (χ2n) is 6.52. The average Bonchev–Trinajstić information content (AvgIpc) is 3.01. The van der Waals surface area contributed by atoms with E-state index in [1.165, 1.54) is 5.56 Å². The van der Waals surface area contributed by atoms with Gasteiger partial charge >= 0.3 is 0 Å². The van der Waals surface area contributed by atoms with Crippen molar-refractivity contribution in [2.24, 2.45) is 0 Å². The van der Waals surface area contributed by atoms with Gasteiger partial charge in [0.2, 0.25) is 5.91 Å². The minimum Gasteiger partial charge on any atom is -0.363 e. The molecule has 0 aliphatic carbocycles. The number of hydrogen-bond donors (Lipinski definition) is 0. The molecule has 1 aromatic rings. The molecule has 0 N–H and O–H groups in total. The van der Waals surface area contributed by atoms with E-state index >= 15 is 0 Å². The third kappa shape index (κ3) is 3.64. The van der Waals surface area contributed by atoms with Crippen molar-refractivity contribution >= 4 is 5.91 Å². The number of piperidine rings is 1. The van der Waals surface area contributed by atoms with E-state index in [1.54, 1.807) is 6.08 Å². The van der Waals surface area contributed by atoms with Crippen LogP contribution < -0.4 is 0 Å². The van der Waals surface area contributed by atoms with Crippen LogP contribution in [0.15, 0.2) is 25.0 Å². The highest BCUT2D eigenvalue weighted by molar-refractivity contribution is 5.78. The highest BCUT2D eigenvalue weighted by atomic mass is 16.5. The Morgan fingerprint density at radius 3 is 2.87 bits per heavy atom. The summed E-state index contributed by atoms with van der Waals surface area (Å²) in [6, 6.07) is 0. The molecule has 23 heavy (non-hydrogen) atoms. The lowest BCUT2D eigenvalue weighted by atomic mass is 9.89. The molecule has 1 aromatic heterocycles. The largest absolute Gasteiger partial charge is 0.363 e. The lowest BCUT2D eigenvalue weighted by molar-refractivity contribution is -0.170. The van der Waals surface area contributed by atoms with E-state index in [4.69, 9.17) is 4.74 Å². The molecular weight excluding hydrogens is 292 g/mol. The van der Waals surface area contributed by atoms with Crippen LogP contribution in [0.1, 0.15) is 25.3 Å². The molecule has 0 bridgehead atoms. The van der Waals surface area contributed by atoms with Gasteiger partial charge in [0, 0.05) is 44.5 Å². The molecule has 126 valence electrons. The normalized spacial score (nSPS) is 21.8. The number of nitrogens with zero attached hydrogens (tertiary/aromatic N) is 4. The van der Waals surface area contributed by atoms with Gasteiger partial charge in [-0.2, -0.15) is 5.10 Å².